The molecule has 0 spiro atoms. The zero-order valence-electron chi connectivity index (χ0n) is 33.5. The Balaban J connectivity index is 4.52. The molecule has 9 heteroatoms. The molecule has 0 fully saturated rings. The number of nitrogens with zero attached hydrogens (tertiary/aromatic N) is 1. The standard InChI is InChI=1S/C42H79N2O6P/c1-6-8-10-12-14-16-18-20-22-24-26-28-30-32-34-36-42(46)43-40(39-50-51(47,48)49-38-37-44(3,4)5)41(45)35-33-31-29-27-25-23-21-19-17-15-13-11-9-7-2/h8,10,14,16,20,22,26,28,40-41,45H,6-7,9,11-13,15,17-19,21,23-25,27,29-39H2,1-5H3,(H-,43,46,47,48)/b10-8-,16-14-,22-20-,28-26-. The third kappa shape index (κ3) is 36.6. The van der Waals surface area contributed by atoms with Gasteiger partial charge in [-0.05, 0) is 51.4 Å². The van der Waals surface area contributed by atoms with Gasteiger partial charge in [-0.1, -0.05) is 152 Å². The Morgan fingerprint density at radius 3 is 1.71 bits per heavy atom. The van der Waals surface area contributed by atoms with Gasteiger partial charge in [0, 0.05) is 6.42 Å². The number of nitrogens with one attached hydrogen (secondary N) is 1. The number of phosphoric ester groups is 1. The Bertz CT molecular complexity index is 975. The van der Waals surface area contributed by atoms with Gasteiger partial charge in [0.05, 0.1) is 39.9 Å². The maximum Gasteiger partial charge on any atom is 0.268 e. The molecular weight excluding hydrogens is 659 g/mol. The Morgan fingerprint density at radius 2 is 1.20 bits per heavy atom. The van der Waals surface area contributed by atoms with Crippen LogP contribution in [0.5, 0.6) is 0 Å². The number of quaternary nitrogens is 1. The van der Waals surface area contributed by atoms with Gasteiger partial charge in [-0.3, -0.25) is 9.36 Å². The predicted octanol–water partition coefficient (Wildman–Crippen LogP) is 10.3. The van der Waals surface area contributed by atoms with Crippen molar-refractivity contribution in [2.75, 3.05) is 40.9 Å². The van der Waals surface area contributed by atoms with Gasteiger partial charge in [0.2, 0.25) is 5.91 Å². The average molecular weight is 739 g/mol. The van der Waals surface area contributed by atoms with Crippen LogP contribution in [-0.2, 0) is 18.4 Å². The summed E-state index contributed by atoms with van der Waals surface area (Å²) in [6, 6.07) is -0.821. The number of phosphoric acid groups is 1. The second-order valence-corrected chi connectivity index (χ2v) is 16.4. The number of carbonyl (C=O) groups excluding carboxylic acids is 1. The van der Waals surface area contributed by atoms with Crippen LogP contribution < -0.4 is 10.2 Å². The van der Waals surface area contributed by atoms with Crippen molar-refractivity contribution in [3.05, 3.63) is 48.6 Å². The number of hydrogen-bond acceptors (Lipinski definition) is 6. The van der Waals surface area contributed by atoms with Gasteiger partial charge >= 0.3 is 0 Å². The Labute approximate surface area is 314 Å². The summed E-state index contributed by atoms with van der Waals surface area (Å²) < 4.78 is 23.2. The van der Waals surface area contributed by atoms with Gasteiger partial charge in [0.15, 0.2) is 0 Å². The van der Waals surface area contributed by atoms with E-state index in [1.807, 2.05) is 21.1 Å². The summed E-state index contributed by atoms with van der Waals surface area (Å²) in [5.41, 5.74) is 0. The van der Waals surface area contributed by atoms with E-state index in [1.54, 1.807) is 0 Å². The molecule has 1 amide bonds. The van der Waals surface area contributed by atoms with E-state index < -0.39 is 20.0 Å². The zero-order valence-corrected chi connectivity index (χ0v) is 34.4. The summed E-state index contributed by atoms with van der Waals surface area (Å²) in [7, 11) is 1.27. The first kappa shape index (κ1) is 49.5. The average Bonchev–Trinajstić information content (AvgIpc) is 3.07. The number of likely N-dealkylation sites (N-methyl/N-ethyl adjacent to an activating group) is 1. The maximum atomic E-state index is 12.8. The van der Waals surface area contributed by atoms with E-state index in [1.165, 1.54) is 70.6 Å². The number of allylic oxidation sites excluding steroid dienone is 8. The van der Waals surface area contributed by atoms with Gasteiger partial charge in [-0.15, -0.1) is 0 Å². The number of hydrogen-bond donors (Lipinski definition) is 2. The van der Waals surface area contributed by atoms with E-state index in [2.05, 4.69) is 67.8 Å². The normalized spacial score (nSPS) is 15.0. The molecule has 3 atom stereocenters. The minimum Gasteiger partial charge on any atom is -0.756 e. The molecular formula is C42H79N2O6P. The third-order valence-corrected chi connectivity index (χ3v) is 9.80. The number of amides is 1. The molecule has 0 aliphatic carbocycles. The molecule has 8 nitrogen and oxygen atoms in total. The molecule has 51 heavy (non-hydrogen) atoms. The number of unbranched alkanes of at least 4 members (excludes halogenated alkanes) is 15. The van der Waals surface area contributed by atoms with Crippen molar-refractivity contribution in [3.8, 4) is 0 Å². The topological polar surface area (TPSA) is 108 Å². The molecule has 0 aromatic carbocycles. The lowest BCUT2D eigenvalue weighted by Crippen LogP contribution is -2.46. The summed E-state index contributed by atoms with van der Waals surface area (Å²) in [6.07, 6.45) is 41.1. The minimum atomic E-state index is -4.57. The highest BCUT2D eigenvalue weighted by Gasteiger charge is 2.24. The fourth-order valence-corrected chi connectivity index (χ4v) is 6.28. The minimum absolute atomic E-state index is 0.00216. The predicted molar refractivity (Wildman–Crippen MR) is 214 cm³/mol. The fraction of sp³-hybridized carbons (Fsp3) is 0.786. The van der Waals surface area contributed by atoms with Crippen LogP contribution in [0.3, 0.4) is 0 Å². The first-order chi connectivity index (χ1) is 24.5. The molecule has 0 aromatic heterocycles. The molecule has 0 aromatic rings. The van der Waals surface area contributed by atoms with Gasteiger partial charge in [-0.2, -0.15) is 0 Å². The highest BCUT2D eigenvalue weighted by Crippen LogP contribution is 2.38. The number of carbonyl (C=O) groups is 1. The lowest BCUT2D eigenvalue weighted by atomic mass is 10.0. The van der Waals surface area contributed by atoms with Crippen molar-refractivity contribution in [2.45, 2.75) is 174 Å². The molecule has 3 unspecified atom stereocenters. The monoisotopic (exact) mass is 739 g/mol. The molecule has 0 saturated carbocycles. The zero-order chi connectivity index (χ0) is 37.9. The number of aliphatic hydroxyl groups is 1. The van der Waals surface area contributed by atoms with E-state index >= 15 is 0 Å². The van der Waals surface area contributed by atoms with Crippen LogP contribution >= 0.6 is 7.82 Å². The van der Waals surface area contributed by atoms with E-state index in [9.17, 15) is 19.4 Å². The lowest BCUT2D eigenvalue weighted by molar-refractivity contribution is -0.870. The van der Waals surface area contributed by atoms with Gasteiger partial charge in [0.25, 0.3) is 7.82 Å². The van der Waals surface area contributed by atoms with Crippen LogP contribution in [0.2, 0.25) is 0 Å². The Morgan fingerprint density at radius 1 is 0.706 bits per heavy atom. The van der Waals surface area contributed by atoms with Crippen LogP contribution in [-0.4, -0.2) is 68.5 Å². The molecule has 0 radical (unpaired) electrons. The molecule has 0 rings (SSSR count). The first-order valence-electron chi connectivity index (χ1n) is 20.5. The van der Waals surface area contributed by atoms with E-state index in [4.69, 9.17) is 9.05 Å². The summed E-state index contributed by atoms with van der Waals surface area (Å²) in [4.78, 5) is 25.2. The van der Waals surface area contributed by atoms with Crippen molar-refractivity contribution >= 4 is 13.7 Å². The number of rotatable bonds is 36. The summed E-state index contributed by atoms with van der Waals surface area (Å²) in [5, 5.41) is 13.8. The van der Waals surface area contributed by atoms with Crippen molar-refractivity contribution < 1.29 is 32.9 Å². The number of aliphatic hydroxyl groups excluding tert-OH is 1. The fourth-order valence-electron chi connectivity index (χ4n) is 5.56. The second-order valence-electron chi connectivity index (χ2n) is 15.0. The largest absolute Gasteiger partial charge is 0.756 e. The highest BCUT2D eigenvalue weighted by molar-refractivity contribution is 7.45. The van der Waals surface area contributed by atoms with Crippen molar-refractivity contribution in [1.29, 1.82) is 0 Å². The van der Waals surface area contributed by atoms with Crippen LogP contribution in [0, 0.1) is 0 Å². The van der Waals surface area contributed by atoms with E-state index in [0.717, 1.165) is 57.8 Å². The summed E-state index contributed by atoms with van der Waals surface area (Å²) in [6.45, 7) is 4.55. The molecule has 2 N–H and O–H groups in total. The first-order valence-corrected chi connectivity index (χ1v) is 21.9. The van der Waals surface area contributed by atoms with Gasteiger partial charge in [0.1, 0.15) is 13.2 Å². The Hall–Kier alpha value is -1.54. The summed E-state index contributed by atoms with van der Waals surface area (Å²) in [5.74, 6) is -0.208. The van der Waals surface area contributed by atoms with Crippen molar-refractivity contribution in [1.82, 2.24) is 5.32 Å². The van der Waals surface area contributed by atoms with E-state index in [0.29, 0.717) is 30.3 Å². The molecule has 298 valence electrons. The molecule has 0 saturated heterocycles. The van der Waals surface area contributed by atoms with Crippen molar-refractivity contribution in [2.24, 2.45) is 0 Å². The van der Waals surface area contributed by atoms with Gasteiger partial charge < -0.3 is 28.8 Å². The molecule has 0 aliphatic rings. The smallest absolute Gasteiger partial charge is 0.268 e. The summed E-state index contributed by atoms with van der Waals surface area (Å²) >= 11 is 0. The Kier molecular flexibility index (Phi) is 33.2. The second kappa shape index (κ2) is 34.2. The molecule has 0 bridgehead atoms. The SMILES string of the molecule is CC/C=C\C/C=C\C/C=C\C/C=C\CCCCC(=O)NC(COP(=O)([O-])OCC[N+](C)(C)C)C(O)CCCCCCCCCCCCCCCC. The quantitative estimate of drug-likeness (QED) is 0.0287. The third-order valence-electron chi connectivity index (χ3n) is 8.83. The van der Waals surface area contributed by atoms with Crippen LogP contribution in [0.25, 0.3) is 0 Å². The van der Waals surface area contributed by atoms with Crippen LogP contribution in [0.15, 0.2) is 48.6 Å². The van der Waals surface area contributed by atoms with Crippen LogP contribution in [0.1, 0.15) is 162 Å². The van der Waals surface area contributed by atoms with Crippen LogP contribution in [0.4, 0.5) is 0 Å². The van der Waals surface area contributed by atoms with Crippen molar-refractivity contribution in [3.63, 3.8) is 0 Å². The lowest BCUT2D eigenvalue weighted by Gasteiger charge is -2.30. The molecule has 0 aliphatic heterocycles. The maximum absolute atomic E-state index is 12.8. The van der Waals surface area contributed by atoms with Gasteiger partial charge in [-0.25, -0.2) is 0 Å². The molecule has 0 heterocycles. The highest BCUT2D eigenvalue weighted by atomic mass is 31.2. The van der Waals surface area contributed by atoms with E-state index in [-0.39, 0.29) is 19.1 Å².